The van der Waals surface area contributed by atoms with Gasteiger partial charge in [-0.2, -0.15) is 0 Å². The number of nitrogens with one attached hydrogen (secondary N) is 1. The highest BCUT2D eigenvalue weighted by Gasteiger charge is 2.30. The van der Waals surface area contributed by atoms with E-state index in [0.717, 1.165) is 63.9 Å². The van der Waals surface area contributed by atoms with Crippen molar-refractivity contribution in [2.24, 2.45) is 0 Å². The Bertz CT molecular complexity index is 1540. The zero-order chi connectivity index (χ0) is 30.1. The van der Waals surface area contributed by atoms with Gasteiger partial charge in [0.05, 0.1) is 17.5 Å². The van der Waals surface area contributed by atoms with Gasteiger partial charge >= 0.3 is 0 Å². The van der Waals surface area contributed by atoms with Gasteiger partial charge in [0.25, 0.3) is 0 Å². The van der Waals surface area contributed by atoms with Gasteiger partial charge in [0, 0.05) is 81.5 Å². The fourth-order valence-electron chi connectivity index (χ4n) is 6.18. The molecule has 0 bridgehead atoms. The van der Waals surface area contributed by atoms with Gasteiger partial charge in [0.15, 0.2) is 15.7 Å². The number of halogens is 2. The molecule has 2 aromatic carbocycles. The van der Waals surface area contributed by atoms with E-state index < -0.39 is 27.5 Å². The molecule has 0 spiro atoms. The van der Waals surface area contributed by atoms with Crippen LogP contribution in [-0.4, -0.2) is 93.4 Å². The summed E-state index contributed by atoms with van der Waals surface area (Å²) in [6.07, 6.45) is 5.15. The van der Waals surface area contributed by atoms with Crippen molar-refractivity contribution in [3.05, 3.63) is 66.0 Å². The van der Waals surface area contributed by atoms with E-state index in [0.29, 0.717) is 42.0 Å². The van der Waals surface area contributed by atoms with Crippen LogP contribution in [-0.2, 0) is 14.7 Å². The Morgan fingerprint density at radius 3 is 2.30 bits per heavy atom. The van der Waals surface area contributed by atoms with E-state index in [9.17, 15) is 17.2 Å². The number of likely N-dealkylation sites (N-methyl/N-ethyl adjacent to an activating group) is 1. The highest BCUT2D eigenvalue weighted by Crippen LogP contribution is 2.36. The largest absolute Gasteiger partial charge is 0.371 e. The Kier molecular flexibility index (Phi) is 8.49. The van der Waals surface area contributed by atoms with Crippen LogP contribution in [0.3, 0.4) is 0 Å². The summed E-state index contributed by atoms with van der Waals surface area (Å²) in [5.41, 5.74) is 1.87. The molecule has 43 heavy (non-hydrogen) atoms. The second-order valence-electron chi connectivity index (χ2n) is 11.6. The van der Waals surface area contributed by atoms with Crippen LogP contribution >= 0.6 is 0 Å². The molecule has 0 unspecified atom stereocenters. The summed E-state index contributed by atoms with van der Waals surface area (Å²) in [6, 6.07) is 10.5. The maximum atomic E-state index is 13.9. The smallest absolute Gasteiger partial charge is 0.175 e. The van der Waals surface area contributed by atoms with Crippen LogP contribution in [0.2, 0.25) is 0 Å². The lowest BCUT2D eigenvalue weighted by Crippen LogP contribution is -2.52. The number of anilines is 4. The monoisotopic (exact) mass is 613 g/mol. The number of aromatic nitrogens is 2. The first-order valence-electron chi connectivity index (χ1n) is 14.6. The van der Waals surface area contributed by atoms with Crippen LogP contribution in [0.15, 0.2) is 53.7 Å². The van der Waals surface area contributed by atoms with Crippen molar-refractivity contribution < 1.29 is 22.0 Å². The Labute approximate surface area is 251 Å². The highest BCUT2D eigenvalue weighted by atomic mass is 32.2. The molecule has 0 radical (unpaired) electrons. The molecule has 3 aliphatic rings. The third-order valence-electron chi connectivity index (χ3n) is 8.53. The number of hydrogen-bond donors (Lipinski definition) is 1. The molecule has 3 aliphatic heterocycles. The molecule has 4 heterocycles. The maximum Gasteiger partial charge on any atom is 0.175 e. The zero-order valence-corrected chi connectivity index (χ0v) is 25.2. The van der Waals surface area contributed by atoms with Crippen molar-refractivity contribution in [3.63, 3.8) is 0 Å². The minimum Gasteiger partial charge on any atom is -0.371 e. The quantitative estimate of drug-likeness (QED) is 0.422. The SMILES string of the molecule is CN1CCN(C2CCN(c3cc(Nc4cc(N5OCC[C@@H]5c5cc(F)cc(F)c5)ncn4)cc(S(C)(=O)=O)c3)CC2)CC1. The molecular weight excluding hydrogens is 576 g/mol. The van der Waals surface area contributed by atoms with Crippen molar-refractivity contribution in [2.45, 2.75) is 36.2 Å². The molecule has 0 saturated carbocycles. The minimum absolute atomic E-state index is 0.221. The van der Waals surface area contributed by atoms with E-state index in [1.807, 2.05) is 6.07 Å². The number of benzene rings is 2. The predicted molar refractivity (Wildman–Crippen MR) is 161 cm³/mol. The molecule has 3 saturated heterocycles. The summed E-state index contributed by atoms with van der Waals surface area (Å²) in [4.78, 5) is 21.9. The van der Waals surface area contributed by atoms with Gasteiger partial charge in [-0.3, -0.25) is 9.74 Å². The van der Waals surface area contributed by atoms with E-state index in [1.165, 1.54) is 29.8 Å². The van der Waals surface area contributed by atoms with Crippen molar-refractivity contribution in [2.75, 3.05) is 74.5 Å². The molecule has 10 nitrogen and oxygen atoms in total. The Hall–Kier alpha value is -3.39. The van der Waals surface area contributed by atoms with Crippen molar-refractivity contribution >= 4 is 32.8 Å². The van der Waals surface area contributed by atoms with Crippen LogP contribution < -0.4 is 15.3 Å². The van der Waals surface area contributed by atoms with Gasteiger partial charge < -0.3 is 15.1 Å². The Balaban J connectivity index is 1.20. The second kappa shape index (κ2) is 12.3. The zero-order valence-electron chi connectivity index (χ0n) is 24.4. The fourth-order valence-corrected chi connectivity index (χ4v) is 6.85. The number of nitrogens with zero attached hydrogens (tertiary/aromatic N) is 6. The molecule has 1 aromatic heterocycles. The standard InChI is InChI=1S/C30H37F2N7O3S/c1-36-8-10-38(11-9-36)25-3-6-37(7-4-25)26-16-24(17-27(18-26)43(2,40)41)35-29-19-30(34-20-33-29)39-28(5-12-42-39)21-13-22(31)15-23(32)14-21/h13-20,25,28H,3-12H2,1-2H3,(H,33,34,35)/t28-/m1/s1. The second-order valence-corrected chi connectivity index (χ2v) is 13.6. The Morgan fingerprint density at radius 1 is 0.884 bits per heavy atom. The number of hydrogen-bond acceptors (Lipinski definition) is 10. The number of piperidine rings is 1. The first-order chi connectivity index (χ1) is 20.6. The number of piperazine rings is 1. The van der Waals surface area contributed by atoms with Gasteiger partial charge in [-0.1, -0.05) is 0 Å². The molecule has 1 atom stereocenters. The topological polar surface area (TPSA) is 94.1 Å². The predicted octanol–water partition coefficient (Wildman–Crippen LogP) is 4.00. The third-order valence-corrected chi connectivity index (χ3v) is 9.62. The van der Waals surface area contributed by atoms with Gasteiger partial charge in [0.2, 0.25) is 0 Å². The molecule has 230 valence electrons. The van der Waals surface area contributed by atoms with Crippen LogP contribution in [0.4, 0.5) is 31.8 Å². The lowest BCUT2D eigenvalue weighted by atomic mass is 10.0. The third kappa shape index (κ3) is 6.90. The maximum absolute atomic E-state index is 13.9. The van der Waals surface area contributed by atoms with E-state index >= 15 is 0 Å². The van der Waals surface area contributed by atoms with Gasteiger partial charge in [-0.15, -0.1) is 0 Å². The highest BCUT2D eigenvalue weighted by molar-refractivity contribution is 7.90. The van der Waals surface area contributed by atoms with Crippen molar-refractivity contribution in [1.82, 2.24) is 19.8 Å². The average molecular weight is 614 g/mol. The van der Waals surface area contributed by atoms with Crippen LogP contribution in [0.1, 0.15) is 30.9 Å². The fraction of sp³-hybridized carbons (Fsp3) is 0.467. The summed E-state index contributed by atoms with van der Waals surface area (Å²) in [5.74, 6) is -0.473. The summed E-state index contributed by atoms with van der Waals surface area (Å²) in [6.45, 7) is 6.39. The summed E-state index contributed by atoms with van der Waals surface area (Å²) < 4.78 is 53.2. The number of hydroxylamine groups is 1. The molecule has 1 N–H and O–H groups in total. The molecule has 0 aliphatic carbocycles. The normalized spacial score (nSPS) is 21.0. The first kappa shape index (κ1) is 29.7. The van der Waals surface area contributed by atoms with E-state index in [4.69, 9.17) is 4.84 Å². The lowest BCUT2D eigenvalue weighted by molar-refractivity contribution is 0.0982. The summed E-state index contributed by atoms with van der Waals surface area (Å²) >= 11 is 0. The minimum atomic E-state index is -3.48. The average Bonchev–Trinajstić information content (AvgIpc) is 3.47. The van der Waals surface area contributed by atoms with Crippen LogP contribution in [0, 0.1) is 11.6 Å². The van der Waals surface area contributed by atoms with E-state index in [1.54, 1.807) is 18.2 Å². The van der Waals surface area contributed by atoms with Gasteiger partial charge in [0.1, 0.15) is 23.8 Å². The molecule has 0 amide bonds. The van der Waals surface area contributed by atoms with Gasteiger partial charge in [-0.05, 0) is 55.8 Å². The Morgan fingerprint density at radius 2 is 1.60 bits per heavy atom. The van der Waals surface area contributed by atoms with Crippen LogP contribution in [0.25, 0.3) is 0 Å². The molecule has 6 rings (SSSR count). The van der Waals surface area contributed by atoms with Crippen molar-refractivity contribution in [3.8, 4) is 0 Å². The van der Waals surface area contributed by atoms with Gasteiger partial charge in [-0.25, -0.2) is 32.2 Å². The number of sulfone groups is 1. The summed E-state index contributed by atoms with van der Waals surface area (Å²) in [7, 11) is -1.32. The van der Waals surface area contributed by atoms with Crippen molar-refractivity contribution in [1.29, 1.82) is 0 Å². The lowest BCUT2D eigenvalue weighted by Gasteiger charge is -2.42. The molecule has 13 heteroatoms. The van der Waals surface area contributed by atoms with E-state index in [2.05, 4.69) is 37.0 Å². The van der Waals surface area contributed by atoms with E-state index in [-0.39, 0.29) is 4.90 Å². The number of rotatable bonds is 7. The first-order valence-corrected chi connectivity index (χ1v) is 16.5. The molecular formula is C30H37F2N7O3S. The van der Waals surface area contributed by atoms with Crippen LogP contribution in [0.5, 0.6) is 0 Å². The summed E-state index contributed by atoms with van der Waals surface area (Å²) in [5, 5.41) is 4.77. The molecule has 3 aromatic rings. The molecule has 3 fully saturated rings.